The molecule has 0 unspecified atom stereocenters. The van der Waals surface area contributed by atoms with E-state index in [0.717, 1.165) is 0 Å². The van der Waals surface area contributed by atoms with Crippen molar-refractivity contribution in [2.24, 2.45) is 0 Å². The van der Waals surface area contributed by atoms with Gasteiger partial charge in [-0.3, -0.25) is 10.1 Å². The summed E-state index contributed by atoms with van der Waals surface area (Å²) in [5, 5.41) is 10.6. The van der Waals surface area contributed by atoms with Crippen molar-refractivity contribution in [3.63, 3.8) is 0 Å². The maximum absolute atomic E-state index is 10.6. The minimum Gasteiger partial charge on any atom is -0.398 e. The summed E-state index contributed by atoms with van der Waals surface area (Å²) in [4.78, 5) is 10.1. The molecule has 6 nitrogen and oxygen atoms in total. The fourth-order valence-corrected chi connectivity index (χ4v) is 1.17. The highest BCUT2D eigenvalue weighted by Crippen LogP contribution is 2.28. The zero-order valence-corrected chi connectivity index (χ0v) is 7.69. The third kappa shape index (κ3) is 1.91. The summed E-state index contributed by atoms with van der Waals surface area (Å²) >= 11 is 0. The second-order valence-corrected chi connectivity index (χ2v) is 2.80. The second-order valence-electron chi connectivity index (χ2n) is 2.80. The minimum atomic E-state index is -0.527. The van der Waals surface area contributed by atoms with E-state index in [9.17, 15) is 10.1 Å². The van der Waals surface area contributed by atoms with Crippen LogP contribution in [-0.4, -0.2) is 12.0 Å². The van der Waals surface area contributed by atoms with Crippen molar-refractivity contribution in [2.75, 3.05) is 18.6 Å². The molecule has 0 saturated carbocycles. The van der Waals surface area contributed by atoms with Crippen molar-refractivity contribution in [3.05, 3.63) is 27.8 Å². The van der Waals surface area contributed by atoms with Crippen LogP contribution in [0.25, 0.3) is 0 Å². The summed E-state index contributed by atoms with van der Waals surface area (Å²) in [5.74, 6) is 0. The maximum atomic E-state index is 10.6. The zero-order chi connectivity index (χ0) is 10.7. The Balaban J connectivity index is 3.28. The lowest BCUT2D eigenvalue weighted by Crippen LogP contribution is -2.03. The number of nitrogen functional groups attached to an aromatic ring is 2. The van der Waals surface area contributed by atoms with Gasteiger partial charge in [-0.15, -0.1) is 0 Å². The number of benzene rings is 1. The largest absolute Gasteiger partial charge is 0.398 e. The van der Waals surface area contributed by atoms with Crippen LogP contribution in [0, 0.1) is 10.1 Å². The number of nitrogens with two attached hydrogens (primary N) is 2. The van der Waals surface area contributed by atoms with Gasteiger partial charge < -0.3 is 16.2 Å². The molecule has 1 aromatic rings. The van der Waals surface area contributed by atoms with Crippen LogP contribution < -0.4 is 11.5 Å². The number of hydrogen-bond acceptors (Lipinski definition) is 5. The van der Waals surface area contributed by atoms with Crippen molar-refractivity contribution >= 4 is 17.1 Å². The summed E-state index contributed by atoms with van der Waals surface area (Å²) in [6, 6.07) is 2.74. The Hall–Kier alpha value is -1.82. The summed E-state index contributed by atoms with van der Waals surface area (Å²) < 4.78 is 4.81. The number of nitro groups is 1. The molecule has 0 aliphatic heterocycles. The molecule has 0 radical (unpaired) electrons. The number of rotatable bonds is 3. The first-order chi connectivity index (χ1) is 6.56. The molecule has 0 aromatic heterocycles. The highest BCUT2D eigenvalue weighted by Gasteiger charge is 2.17. The fourth-order valence-electron chi connectivity index (χ4n) is 1.17. The van der Waals surface area contributed by atoms with E-state index in [1.807, 2.05) is 0 Å². The molecule has 14 heavy (non-hydrogen) atoms. The van der Waals surface area contributed by atoms with Gasteiger partial charge >= 0.3 is 0 Å². The molecule has 0 saturated heterocycles. The average molecular weight is 197 g/mol. The molecule has 4 N–H and O–H groups in total. The van der Waals surface area contributed by atoms with Gasteiger partial charge in [0.25, 0.3) is 5.69 Å². The van der Waals surface area contributed by atoms with Crippen LogP contribution in [0.5, 0.6) is 0 Å². The van der Waals surface area contributed by atoms with Gasteiger partial charge in [-0.2, -0.15) is 0 Å². The van der Waals surface area contributed by atoms with Crippen molar-refractivity contribution in [1.82, 2.24) is 0 Å². The Labute approximate surface area is 80.6 Å². The van der Waals surface area contributed by atoms with Gasteiger partial charge in [-0.1, -0.05) is 0 Å². The second kappa shape index (κ2) is 3.93. The number of anilines is 2. The predicted octanol–water partition coefficient (Wildman–Crippen LogP) is 0.906. The van der Waals surface area contributed by atoms with Gasteiger partial charge in [0.2, 0.25) is 0 Å². The smallest absolute Gasteiger partial charge is 0.279 e. The van der Waals surface area contributed by atoms with Crippen LogP contribution in [0.2, 0.25) is 0 Å². The molecule has 0 amide bonds. The first-order valence-corrected chi connectivity index (χ1v) is 3.87. The third-order valence-electron chi connectivity index (χ3n) is 1.77. The Bertz CT molecular complexity index is 365. The van der Waals surface area contributed by atoms with E-state index >= 15 is 0 Å². The van der Waals surface area contributed by atoms with E-state index in [-0.39, 0.29) is 23.7 Å². The van der Waals surface area contributed by atoms with Crippen LogP contribution in [0.4, 0.5) is 17.1 Å². The summed E-state index contributed by atoms with van der Waals surface area (Å²) in [6.07, 6.45) is 0. The van der Waals surface area contributed by atoms with Gasteiger partial charge in [-0.25, -0.2) is 0 Å². The molecule has 0 bridgehead atoms. The van der Waals surface area contributed by atoms with Crippen LogP contribution in [0.15, 0.2) is 12.1 Å². The highest BCUT2D eigenvalue weighted by molar-refractivity contribution is 5.65. The van der Waals surface area contributed by atoms with E-state index in [1.165, 1.54) is 19.2 Å². The van der Waals surface area contributed by atoms with Gasteiger partial charge in [0.15, 0.2) is 0 Å². The molecule has 0 heterocycles. The van der Waals surface area contributed by atoms with Crippen LogP contribution in [0.1, 0.15) is 5.56 Å². The quantitative estimate of drug-likeness (QED) is 0.425. The van der Waals surface area contributed by atoms with E-state index < -0.39 is 4.92 Å². The molecule has 0 spiro atoms. The number of nitrogens with zero attached hydrogens (tertiary/aromatic N) is 1. The molecule has 6 heteroatoms. The molecule has 0 aliphatic rings. The number of nitro benzene ring substituents is 1. The van der Waals surface area contributed by atoms with Crippen molar-refractivity contribution in [1.29, 1.82) is 0 Å². The minimum absolute atomic E-state index is 0.0996. The molecule has 0 atom stereocenters. The number of methoxy groups -OCH3 is 1. The Kier molecular flexibility index (Phi) is 2.88. The summed E-state index contributed by atoms with van der Waals surface area (Å²) in [6.45, 7) is 0.0996. The third-order valence-corrected chi connectivity index (χ3v) is 1.77. The molecular formula is C8H11N3O3. The van der Waals surface area contributed by atoms with Gasteiger partial charge in [-0.05, 0) is 6.07 Å². The fraction of sp³-hybridized carbons (Fsp3) is 0.250. The molecule has 0 aliphatic carbocycles. The maximum Gasteiger partial charge on any atom is 0.279 e. The van der Waals surface area contributed by atoms with E-state index in [0.29, 0.717) is 5.56 Å². The first kappa shape index (κ1) is 10.3. The van der Waals surface area contributed by atoms with Gasteiger partial charge in [0, 0.05) is 24.6 Å². The lowest BCUT2D eigenvalue weighted by molar-refractivity contribution is -0.385. The van der Waals surface area contributed by atoms with Crippen LogP contribution in [-0.2, 0) is 11.3 Å². The molecular weight excluding hydrogens is 186 g/mol. The summed E-state index contributed by atoms with van der Waals surface area (Å²) in [7, 11) is 1.44. The van der Waals surface area contributed by atoms with E-state index in [1.54, 1.807) is 0 Å². The zero-order valence-electron chi connectivity index (χ0n) is 7.69. The Morgan fingerprint density at radius 1 is 1.50 bits per heavy atom. The highest BCUT2D eigenvalue weighted by atomic mass is 16.6. The lowest BCUT2D eigenvalue weighted by atomic mass is 10.1. The molecule has 76 valence electrons. The van der Waals surface area contributed by atoms with Crippen LogP contribution in [0.3, 0.4) is 0 Å². The summed E-state index contributed by atoms with van der Waals surface area (Å²) in [5.41, 5.74) is 11.8. The van der Waals surface area contributed by atoms with Gasteiger partial charge in [0.1, 0.15) is 0 Å². The van der Waals surface area contributed by atoms with Crippen molar-refractivity contribution in [3.8, 4) is 0 Å². The van der Waals surface area contributed by atoms with E-state index in [2.05, 4.69) is 0 Å². The SMILES string of the molecule is COCc1c(N)cc(N)cc1[N+](=O)[O-]. The van der Waals surface area contributed by atoms with Crippen LogP contribution >= 0.6 is 0 Å². The topological polar surface area (TPSA) is 104 Å². The van der Waals surface area contributed by atoms with Crippen molar-refractivity contribution in [2.45, 2.75) is 6.61 Å². The number of hydrogen-bond donors (Lipinski definition) is 2. The molecule has 1 aromatic carbocycles. The normalized spacial score (nSPS) is 10.1. The standard InChI is InChI=1S/C8H11N3O3/c1-14-4-6-7(10)2-5(9)3-8(6)11(12)13/h2-3H,4,9-10H2,1H3. The Morgan fingerprint density at radius 3 is 2.64 bits per heavy atom. The predicted molar refractivity (Wildman–Crippen MR) is 52.6 cm³/mol. The van der Waals surface area contributed by atoms with Gasteiger partial charge in [0.05, 0.1) is 17.1 Å². The number of ether oxygens (including phenoxy) is 1. The molecule has 1 rings (SSSR count). The Morgan fingerprint density at radius 2 is 2.14 bits per heavy atom. The average Bonchev–Trinajstić information content (AvgIpc) is 2.09. The first-order valence-electron chi connectivity index (χ1n) is 3.87. The van der Waals surface area contributed by atoms with Crippen molar-refractivity contribution < 1.29 is 9.66 Å². The monoisotopic (exact) mass is 197 g/mol. The lowest BCUT2D eigenvalue weighted by Gasteiger charge is -2.06. The molecule has 0 fully saturated rings. The van der Waals surface area contributed by atoms with E-state index in [4.69, 9.17) is 16.2 Å².